The van der Waals surface area contributed by atoms with E-state index in [1.807, 2.05) is 37.3 Å². The molecule has 0 spiro atoms. The molecule has 28 heavy (non-hydrogen) atoms. The van der Waals surface area contributed by atoms with Crippen LogP contribution in [0.3, 0.4) is 0 Å². The van der Waals surface area contributed by atoms with Gasteiger partial charge in [-0.25, -0.2) is 0 Å². The van der Waals surface area contributed by atoms with Gasteiger partial charge < -0.3 is 15.0 Å². The van der Waals surface area contributed by atoms with Gasteiger partial charge in [0.15, 0.2) is 0 Å². The number of carbonyl (C=O) groups excluding carboxylic acids is 1. The minimum absolute atomic E-state index is 0.0379. The summed E-state index contributed by atoms with van der Waals surface area (Å²) in [5.41, 5.74) is 3.08. The molecular weight excluding hydrogens is 376 g/mol. The van der Waals surface area contributed by atoms with Gasteiger partial charge in [-0.05, 0) is 56.4 Å². The molecule has 1 aliphatic heterocycles. The zero-order valence-corrected chi connectivity index (χ0v) is 16.5. The van der Waals surface area contributed by atoms with E-state index in [1.54, 1.807) is 6.07 Å². The summed E-state index contributed by atoms with van der Waals surface area (Å²) in [6, 6.07) is 9.29. The number of pyridine rings is 1. The number of amides is 1. The first-order valence-corrected chi connectivity index (χ1v) is 10.1. The van der Waals surface area contributed by atoms with E-state index in [4.69, 9.17) is 16.3 Å². The number of hydrogen-bond acceptors (Lipinski definition) is 3. The van der Waals surface area contributed by atoms with Gasteiger partial charge in [0, 0.05) is 34.9 Å². The van der Waals surface area contributed by atoms with Gasteiger partial charge in [-0.2, -0.15) is 0 Å². The Labute approximate surface area is 168 Å². The molecule has 2 heterocycles. The summed E-state index contributed by atoms with van der Waals surface area (Å²) in [5.74, 6) is 1.12. The number of aromatic amines is 1. The molecule has 0 bridgehead atoms. The average Bonchev–Trinajstić information content (AvgIpc) is 3.42. The lowest BCUT2D eigenvalue weighted by Gasteiger charge is -2.15. The average molecular weight is 399 g/mol. The Bertz CT molecular complexity index is 992. The predicted octanol–water partition coefficient (Wildman–Crippen LogP) is 4.01. The van der Waals surface area contributed by atoms with Crippen molar-refractivity contribution in [1.29, 1.82) is 0 Å². The van der Waals surface area contributed by atoms with Gasteiger partial charge in [-0.3, -0.25) is 9.59 Å². The largest absolute Gasteiger partial charge is 0.494 e. The monoisotopic (exact) mass is 398 g/mol. The molecule has 2 N–H and O–H groups in total. The maximum absolute atomic E-state index is 12.6. The van der Waals surface area contributed by atoms with Crippen molar-refractivity contribution in [3.8, 4) is 5.75 Å². The molecule has 1 amide bonds. The highest BCUT2D eigenvalue weighted by Crippen LogP contribution is 2.39. The Balaban J connectivity index is 1.76. The third-order valence-corrected chi connectivity index (χ3v) is 5.50. The molecule has 1 atom stereocenters. The number of carbonyl (C=O) groups is 1. The van der Waals surface area contributed by atoms with Crippen molar-refractivity contribution in [3.63, 3.8) is 0 Å². The first-order valence-electron chi connectivity index (χ1n) is 9.72. The maximum atomic E-state index is 12.6. The minimum Gasteiger partial charge on any atom is -0.494 e. The summed E-state index contributed by atoms with van der Waals surface area (Å²) in [6.07, 6.45) is 5.35. The highest BCUT2D eigenvalue weighted by molar-refractivity contribution is 6.32. The van der Waals surface area contributed by atoms with E-state index in [0.29, 0.717) is 35.4 Å². The fourth-order valence-electron chi connectivity index (χ4n) is 3.62. The highest BCUT2D eigenvalue weighted by Gasteiger charge is 2.27. The van der Waals surface area contributed by atoms with Gasteiger partial charge in [-0.1, -0.05) is 23.7 Å². The topological polar surface area (TPSA) is 71.2 Å². The van der Waals surface area contributed by atoms with Crippen molar-refractivity contribution >= 4 is 23.1 Å². The quantitative estimate of drug-likeness (QED) is 0.772. The number of ether oxygens (including phenoxy) is 1. The van der Waals surface area contributed by atoms with Gasteiger partial charge in [0.05, 0.1) is 11.6 Å². The molecular formula is C22H23ClN2O3. The van der Waals surface area contributed by atoms with Gasteiger partial charge in [0.1, 0.15) is 5.75 Å². The number of aromatic nitrogens is 1. The summed E-state index contributed by atoms with van der Waals surface area (Å²) in [6.45, 7) is 2.48. The van der Waals surface area contributed by atoms with Crippen LogP contribution in [0.25, 0.3) is 5.57 Å². The van der Waals surface area contributed by atoms with Crippen LogP contribution in [0, 0.1) is 0 Å². The van der Waals surface area contributed by atoms with E-state index >= 15 is 0 Å². The second-order valence-corrected chi connectivity index (χ2v) is 7.71. The second-order valence-electron chi connectivity index (χ2n) is 7.30. The van der Waals surface area contributed by atoms with Gasteiger partial charge in [0.25, 0.3) is 5.56 Å². The Kier molecular flexibility index (Phi) is 5.27. The molecule has 5 nitrogen and oxygen atoms in total. The molecule has 2 fully saturated rings. The van der Waals surface area contributed by atoms with Crippen molar-refractivity contribution in [1.82, 2.24) is 10.3 Å². The molecule has 2 aromatic rings. The highest BCUT2D eigenvalue weighted by atomic mass is 35.5. The number of nitrogens with one attached hydrogen (secondary N) is 2. The fraction of sp³-hybridized carbons (Fsp3) is 0.364. The van der Waals surface area contributed by atoms with Crippen LogP contribution in [-0.2, 0) is 4.79 Å². The molecule has 146 valence electrons. The van der Waals surface area contributed by atoms with Crippen LogP contribution in [0.5, 0.6) is 5.75 Å². The zero-order chi connectivity index (χ0) is 19.7. The Hall–Kier alpha value is -2.53. The normalized spacial score (nSPS) is 19.6. The van der Waals surface area contributed by atoms with E-state index in [9.17, 15) is 9.59 Å². The Morgan fingerprint density at radius 3 is 2.64 bits per heavy atom. The first-order chi connectivity index (χ1) is 13.5. The smallest absolute Gasteiger partial charge is 0.251 e. The van der Waals surface area contributed by atoms with Gasteiger partial charge in [-0.15, -0.1) is 0 Å². The van der Waals surface area contributed by atoms with Crippen molar-refractivity contribution in [2.75, 3.05) is 6.61 Å². The number of H-pyrrole nitrogens is 1. The van der Waals surface area contributed by atoms with Crippen LogP contribution in [0.15, 0.2) is 41.2 Å². The molecule has 1 saturated heterocycles. The van der Waals surface area contributed by atoms with E-state index in [1.165, 1.54) is 0 Å². The summed E-state index contributed by atoms with van der Waals surface area (Å²) in [7, 11) is 0. The molecule has 1 aromatic carbocycles. The summed E-state index contributed by atoms with van der Waals surface area (Å²) in [5, 5.41) is 3.49. The summed E-state index contributed by atoms with van der Waals surface area (Å²) >= 11 is 6.56. The first kappa shape index (κ1) is 18.8. The van der Waals surface area contributed by atoms with E-state index < -0.39 is 0 Å². The summed E-state index contributed by atoms with van der Waals surface area (Å²) < 4.78 is 5.52. The Morgan fingerprint density at radius 2 is 2.04 bits per heavy atom. The van der Waals surface area contributed by atoms with Crippen molar-refractivity contribution < 1.29 is 9.53 Å². The number of halogens is 1. The lowest BCUT2D eigenvalue weighted by molar-refractivity contribution is -0.119. The predicted molar refractivity (Wildman–Crippen MR) is 110 cm³/mol. The number of hydrogen-bond donors (Lipinski definition) is 2. The van der Waals surface area contributed by atoms with Crippen molar-refractivity contribution in [2.45, 2.75) is 44.6 Å². The van der Waals surface area contributed by atoms with Crippen molar-refractivity contribution in [3.05, 3.63) is 68.6 Å². The van der Waals surface area contributed by atoms with Crippen LogP contribution in [0.2, 0.25) is 5.02 Å². The number of benzene rings is 1. The van der Waals surface area contributed by atoms with E-state index in [-0.39, 0.29) is 17.5 Å². The van der Waals surface area contributed by atoms with E-state index in [0.717, 1.165) is 36.0 Å². The molecule has 1 saturated carbocycles. The molecule has 4 rings (SSSR count). The van der Waals surface area contributed by atoms with Crippen LogP contribution in [0.1, 0.15) is 55.3 Å². The number of rotatable bonds is 6. The van der Waals surface area contributed by atoms with Gasteiger partial charge >= 0.3 is 0 Å². The maximum Gasteiger partial charge on any atom is 0.251 e. The lowest BCUT2D eigenvalue weighted by Crippen LogP contribution is -2.23. The van der Waals surface area contributed by atoms with Crippen molar-refractivity contribution in [2.24, 2.45) is 0 Å². The fourth-order valence-corrected chi connectivity index (χ4v) is 3.89. The molecule has 2 aliphatic rings. The molecule has 6 heteroatoms. The summed E-state index contributed by atoms with van der Waals surface area (Å²) in [4.78, 5) is 27.2. The van der Waals surface area contributed by atoms with Gasteiger partial charge in [0.2, 0.25) is 5.91 Å². The lowest BCUT2D eigenvalue weighted by atomic mass is 9.98. The minimum atomic E-state index is -0.0863. The van der Waals surface area contributed by atoms with Crippen LogP contribution in [-0.4, -0.2) is 23.5 Å². The van der Waals surface area contributed by atoms with Crippen LogP contribution in [0.4, 0.5) is 0 Å². The van der Waals surface area contributed by atoms with E-state index in [2.05, 4.69) is 10.3 Å². The molecule has 0 radical (unpaired) electrons. The Morgan fingerprint density at radius 1 is 1.21 bits per heavy atom. The molecule has 0 unspecified atom stereocenters. The SMILES string of the molecule is CCOc1ccc(C(=C[C@H]2CCC(=O)N2)c2ccc(C3CC3)c(=O)[nH]2)c(Cl)c1. The van der Waals surface area contributed by atoms with Crippen LogP contribution >= 0.6 is 11.6 Å². The third-order valence-electron chi connectivity index (χ3n) is 5.19. The molecule has 1 aromatic heterocycles. The zero-order valence-electron chi connectivity index (χ0n) is 15.8. The molecule has 1 aliphatic carbocycles. The van der Waals surface area contributed by atoms with Crippen LogP contribution < -0.4 is 15.6 Å². The second kappa shape index (κ2) is 7.84. The standard InChI is InChI=1S/C22H23ClN2O3/c1-2-28-15-6-7-17(19(23)12-15)18(11-14-5-10-21(26)24-14)20-9-8-16(13-3-4-13)22(27)25-20/h6-9,11-14H,2-5,10H2,1H3,(H,24,26)(H,25,27)/t14-/m1/s1. The third kappa shape index (κ3) is 3.99.